The Hall–Kier alpha value is -3.50. The molecule has 0 saturated heterocycles. The normalized spacial score (nSPS) is 12.5. The molecule has 8 nitrogen and oxygen atoms in total. The molecular formula is C20H16F3N5O3S2. The lowest BCUT2D eigenvalue weighted by Gasteiger charge is -2.13. The van der Waals surface area contributed by atoms with Crippen molar-refractivity contribution >= 4 is 38.3 Å². The summed E-state index contributed by atoms with van der Waals surface area (Å²) in [6, 6.07) is 8.20. The summed E-state index contributed by atoms with van der Waals surface area (Å²) in [6.45, 7) is 3.33. The van der Waals surface area contributed by atoms with Crippen molar-refractivity contribution in [2.75, 3.05) is 11.6 Å². The number of nitrogens with zero attached hydrogens (tertiary/aromatic N) is 4. The van der Waals surface area contributed by atoms with Gasteiger partial charge < -0.3 is 4.57 Å². The third-order valence-corrected chi connectivity index (χ3v) is 7.02. The molecule has 13 heteroatoms. The molecule has 1 aromatic carbocycles. The molecule has 0 aliphatic carbocycles. The molecule has 0 aliphatic heterocycles. The topological polar surface area (TPSA) is 118 Å². The molecule has 0 atom stereocenters. The molecule has 0 saturated carbocycles. The number of sulfone groups is 1. The van der Waals surface area contributed by atoms with Crippen LogP contribution in [0.15, 0.2) is 40.2 Å². The number of halogens is 3. The highest BCUT2D eigenvalue weighted by atomic mass is 32.2. The van der Waals surface area contributed by atoms with Crippen molar-refractivity contribution in [1.82, 2.24) is 14.8 Å². The first-order valence-electron chi connectivity index (χ1n) is 9.14. The SMILES string of the molecule is Cc1cc(/C=C(/C#N)C(=O)Nc2nnc(S(C)(=O)=O)s2)c(C)n1-c1cccc(C(F)(F)F)c1. The lowest BCUT2D eigenvalue weighted by molar-refractivity contribution is -0.137. The van der Waals surface area contributed by atoms with Crippen molar-refractivity contribution in [2.24, 2.45) is 0 Å². The van der Waals surface area contributed by atoms with E-state index in [-0.39, 0.29) is 20.7 Å². The Kier molecular flexibility index (Phi) is 6.44. The minimum absolute atomic E-state index is 0.101. The number of carbonyl (C=O) groups is 1. The van der Waals surface area contributed by atoms with Gasteiger partial charge >= 0.3 is 6.18 Å². The van der Waals surface area contributed by atoms with Crippen molar-refractivity contribution in [2.45, 2.75) is 24.4 Å². The standard InChI is InChI=1S/C20H16F3N5O3S2/c1-11-7-13(12(2)28(11)16-6-4-5-15(9-16)20(21,22)23)8-14(10-24)17(29)25-18-26-27-19(32-18)33(3,30)31/h4-9H,1-3H3,(H,25,26,29)/b14-8-. The molecule has 0 spiro atoms. The summed E-state index contributed by atoms with van der Waals surface area (Å²) in [4.78, 5) is 12.5. The minimum Gasteiger partial charge on any atom is -0.318 e. The van der Waals surface area contributed by atoms with E-state index in [0.29, 0.717) is 28.3 Å². The van der Waals surface area contributed by atoms with Crippen molar-refractivity contribution in [3.05, 3.63) is 58.4 Å². The van der Waals surface area contributed by atoms with Gasteiger partial charge in [0.2, 0.25) is 19.3 Å². The molecule has 172 valence electrons. The Bertz CT molecular complexity index is 1410. The van der Waals surface area contributed by atoms with Crippen LogP contribution in [0.5, 0.6) is 0 Å². The quantitative estimate of drug-likeness (QED) is 0.326. The lowest BCUT2D eigenvalue weighted by atomic mass is 10.1. The molecule has 2 heterocycles. The number of aryl methyl sites for hydroxylation is 1. The van der Waals surface area contributed by atoms with Gasteiger partial charge in [0.15, 0.2) is 0 Å². The smallest absolute Gasteiger partial charge is 0.318 e. The molecule has 33 heavy (non-hydrogen) atoms. The number of carbonyl (C=O) groups excluding carboxylic acids is 1. The number of aromatic nitrogens is 3. The highest BCUT2D eigenvalue weighted by Crippen LogP contribution is 2.32. The molecule has 0 radical (unpaired) electrons. The van der Waals surface area contributed by atoms with Gasteiger partial charge in [-0.25, -0.2) is 8.42 Å². The largest absolute Gasteiger partial charge is 0.416 e. The molecule has 0 aliphatic rings. The van der Waals surface area contributed by atoms with Gasteiger partial charge in [0.25, 0.3) is 5.91 Å². The van der Waals surface area contributed by atoms with E-state index >= 15 is 0 Å². The summed E-state index contributed by atoms with van der Waals surface area (Å²) in [5, 5.41) is 18.7. The number of alkyl halides is 3. The van der Waals surface area contributed by atoms with Crippen molar-refractivity contribution in [1.29, 1.82) is 5.26 Å². The molecule has 0 unspecified atom stereocenters. The van der Waals surface area contributed by atoms with Crippen molar-refractivity contribution in [3.8, 4) is 11.8 Å². The van der Waals surface area contributed by atoms with Gasteiger partial charge in [0.1, 0.15) is 11.6 Å². The number of hydrogen-bond acceptors (Lipinski definition) is 7. The van der Waals surface area contributed by atoms with E-state index in [2.05, 4.69) is 15.5 Å². The van der Waals surface area contributed by atoms with Crippen LogP contribution in [0, 0.1) is 25.2 Å². The molecule has 1 N–H and O–H groups in total. The van der Waals surface area contributed by atoms with Gasteiger partial charge in [0.05, 0.1) is 5.56 Å². The first-order chi connectivity index (χ1) is 15.3. The second-order valence-corrected chi connectivity index (χ2v) is 10.1. The van der Waals surface area contributed by atoms with Crippen LogP contribution in [-0.2, 0) is 20.8 Å². The molecule has 2 aromatic heterocycles. The van der Waals surface area contributed by atoms with Gasteiger partial charge in [-0.1, -0.05) is 17.4 Å². The predicted molar refractivity (Wildman–Crippen MR) is 115 cm³/mol. The van der Waals surface area contributed by atoms with Gasteiger partial charge in [-0.3, -0.25) is 10.1 Å². The average Bonchev–Trinajstić information content (AvgIpc) is 3.29. The average molecular weight is 496 g/mol. The summed E-state index contributed by atoms with van der Waals surface area (Å²) in [5.74, 6) is -0.836. The van der Waals surface area contributed by atoms with Crippen molar-refractivity contribution in [3.63, 3.8) is 0 Å². The minimum atomic E-state index is -4.50. The monoisotopic (exact) mass is 495 g/mol. The van der Waals surface area contributed by atoms with Crippen LogP contribution < -0.4 is 5.32 Å². The van der Waals surface area contributed by atoms with Crippen LogP contribution in [0.1, 0.15) is 22.5 Å². The van der Waals surface area contributed by atoms with E-state index < -0.39 is 27.5 Å². The zero-order valence-electron chi connectivity index (χ0n) is 17.4. The van der Waals surface area contributed by atoms with E-state index in [9.17, 15) is 31.6 Å². The maximum absolute atomic E-state index is 13.1. The third kappa shape index (κ3) is 5.29. The number of hydrogen-bond donors (Lipinski definition) is 1. The Morgan fingerprint density at radius 2 is 1.94 bits per heavy atom. The van der Waals surface area contributed by atoms with E-state index in [0.717, 1.165) is 18.4 Å². The van der Waals surface area contributed by atoms with Gasteiger partial charge in [-0.2, -0.15) is 18.4 Å². The van der Waals surface area contributed by atoms with E-state index in [4.69, 9.17) is 0 Å². The van der Waals surface area contributed by atoms with Crippen LogP contribution in [0.4, 0.5) is 18.3 Å². The number of benzene rings is 1. The number of amides is 1. The van der Waals surface area contributed by atoms with E-state index in [1.165, 1.54) is 18.2 Å². The summed E-state index contributed by atoms with van der Waals surface area (Å²) >= 11 is 0.638. The van der Waals surface area contributed by atoms with Crippen LogP contribution in [0.3, 0.4) is 0 Å². The fraction of sp³-hybridized carbons (Fsp3) is 0.200. The first kappa shape index (κ1) is 24.1. The van der Waals surface area contributed by atoms with E-state index in [1.807, 2.05) is 0 Å². The van der Waals surface area contributed by atoms with Crippen LogP contribution >= 0.6 is 11.3 Å². The maximum Gasteiger partial charge on any atom is 0.416 e. The summed E-state index contributed by atoms with van der Waals surface area (Å²) in [7, 11) is -3.60. The van der Waals surface area contributed by atoms with Crippen LogP contribution in [-0.4, -0.2) is 35.3 Å². The van der Waals surface area contributed by atoms with E-state index in [1.54, 1.807) is 30.6 Å². The Morgan fingerprint density at radius 3 is 2.52 bits per heavy atom. The summed E-state index contributed by atoms with van der Waals surface area (Å²) in [5.41, 5.74) is 0.734. The number of nitrogens with one attached hydrogen (secondary N) is 1. The molecule has 0 bridgehead atoms. The van der Waals surface area contributed by atoms with Crippen LogP contribution in [0.2, 0.25) is 0 Å². The number of rotatable bonds is 5. The fourth-order valence-corrected chi connectivity index (χ4v) is 4.53. The third-order valence-electron chi connectivity index (χ3n) is 4.51. The Morgan fingerprint density at radius 1 is 1.24 bits per heavy atom. The highest BCUT2D eigenvalue weighted by Gasteiger charge is 2.30. The second-order valence-electron chi connectivity index (χ2n) is 6.98. The van der Waals surface area contributed by atoms with Gasteiger partial charge in [0, 0.05) is 23.3 Å². The Labute approximate surface area is 190 Å². The molecule has 1 amide bonds. The molecular weight excluding hydrogens is 479 g/mol. The summed E-state index contributed by atoms with van der Waals surface area (Å²) < 4.78 is 63.6. The fourth-order valence-electron chi connectivity index (χ4n) is 3.03. The Balaban J connectivity index is 1.93. The van der Waals surface area contributed by atoms with Crippen LogP contribution in [0.25, 0.3) is 11.8 Å². The lowest BCUT2D eigenvalue weighted by Crippen LogP contribution is -2.13. The number of anilines is 1. The highest BCUT2D eigenvalue weighted by molar-refractivity contribution is 7.92. The second kappa shape index (κ2) is 8.80. The predicted octanol–water partition coefficient (Wildman–Crippen LogP) is 3.91. The van der Waals surface area contributed by atoms with Gasteiger partial charge in [-0.05, 0) is 49.8 Å². The molecule has 3 aromatic rings. The van der Waals surface area contributed by atoms with Gasteiger partial charge in [-0.15, -0.1) is 10.2 Å². The zero-order valence-corrected chi connectivity index (χ0v) is 19.1. The first-order valence-corrected chi connectivity index (χ1v) is 11.9. The summed E-state index contributed by atoms with van der Waals surface area (Å²) in [6.07, 6.45) is -2.26. The maximum atomic E-state index is 13.1. The molecule has 3 rings (SSSR count). The number of nitriles is 1. The zero-order chi connectivity index (χ0) is 24.6. The molecule has 0 fully saturated rings. The van der Waals surface area contributed by atoms with Crippen molar-refractivity contribution < 1.29 is 26.4 Å².